The second-order valence-corrected chi connectivity index (χ2v) is 8.17. The molecule has 6 rings (SSSR count). The highest BCUT2D eigenvalue weighted by Crippen LogP contribution is 2.65. The van der Waals surface area contributed by atoms with Crippen LogP contribution in [0.4, 0.5) is 5.69 Å². The van der Waals surface area contributed by atoms with Crippen molar-refractivity contribution < 1.29 is 14.4 Å². The Morgan fingerprint density at radius 1 is 1.08 bits per heavy atom. The molecule has 5 nitrogen and oxygen atoms in total. The first-order valence-electron chi connectivity index (χ1n) is 9.14. The fourth-order valence-electron chi connectivity index (χ4n) is 5.23. The van der Waals surface area contributed by atoms with Crippen molar-refractivity contribution in [3.63, 3.8) is 0 Å². The van der Waals surface area contributed by atoms with Crippen LogP contribution in [0.25, 0.3) is 0 Å². The minimum atomic E-state index is -0.252. The van der Waals surface area contributed by atoms with E-state index in [1.807, 2.05) is 0 Å². The van der Waals surface area contributed by atoms with Gasteiger partial charge in [0.25, 0.3) is 0 Å². The topological polar surface area (TPSA) is 66.5 Å². The fourth-order valence-corrected chi connectivity index (χ4v) is 5.41. The van der Waals surface area contributed by atoms with Crippen molar-refractivity contribution in [3.8, 4) is 0 Å². The lowest BCUT2D eigenvalue weighted by Crippen LogP contribution is -2.40. The van der Waals surface area contributed by atoms with Crippen LogP contribution in [0.5, 0.6) is 0 Å². The van der Waals surface area contributed by atoms with Crippen LogP contribution in [-0.4, -0.2) is 29.2 Å². The standard InChI is InChI=1S/C20H19ClN2O3/c21-14-3-1-2-4-15(14)22-16(24)7-8-23-19(25)17-10-5-6-11(13-9-12(10)13)18(17)20(23)26/h1-6,10-13,17-18H,7-9H2,(H,22,24)/t10-,11-,12-,13+,17-,18+/m0/s1. The summed E-state index contributed by atoms with van der Waals surface area (Å²) < 4.78 is 0. The number of benzene rings is 1. The van der Waals surface area contributed by atoms with Crippen molar-refractivity contribution in [2.75, 3.05) is 11.9 Å². The molecule has 134 valence electrons. The van der Waals surface area contributed by atoms with E-state index in [4.69, 9.17) is 11.6 Å². The van der Waals surface area contributed by atoms with E-state index >= 15 is 0 Å². The van der Waals surface area contributed by atoms with Gasteiger partial charge >= 0.3 is 0 Å². The van der Waals surface area contributed by atoms with E-state index in [1.54, 1.807) is 24.3 Å². The molecule has 4 aliphatic carbocycles. The van der Waals surface area contributed by atoms with Gasteiger partial charge in [-0.25, -0.2) is 0 Å². The molecule has 1 aliphatic heterocycles. The lowest BCUT2D eigenvalue weighted by molar-refractivity contribution is -0.140. The Labute approximate surface area is 156 Å². The molecule has 0 spiro atoms. The largest absolute Gasteiger partial charge is 0.325 e. The van der Waals surface area contributed by atoms with Crippen molar-refractivity contribution in [1.29, 1.82) is 0 Å². The Bertz CT molecular complexity index is 815. The van der Waals surface area contributed by atoms with Gasteiger partial charge in [-0.1, -0.05) is 35.9 Å². The molecule has 6 heteroatoms. The predicted molar refractivity (Wildman–Crippen MR) is 96.1 cm³/mol. The van der Waals surface area contributed by atoms with Crippen molar-refractivity contribution >= 4 is 35.0 Å². The zero-order chi connectivity index (χ0) is 18.0. The van der Waals surface area contributed by atoms with Crippen LogP contribution in [0.2, 0.25) is 5.02 Å². The van der Waals surface area contributed by atoms with Crippen LogP contribution >= 0.6 is 11.6 Å². The fraction of sp³-hybridized carbons (Fsp3) is 0.450. The molecule has 1 heterocycles. The number of carbonyl (C=O) groups excluding carboxylic acids is 3. The molecule has 0 unspecified atom stereocenters. The number of carbonyl (C=O) groups is 3. The van der Waals surface area contributed by atoms with E-state index in [2.05, 4.69) is 17.5 Å². The van der Waals surface area contributed by atoms with Crippen LogP contribution in [0.15, 0.2) is 36.4 Å². The van der Waals surface area contributed by atoms with E-state index in [1.165, 1.54) is 4.90 Å². The normalized spacial score (nSPS) is 36.1. The predicted octanol–water partition coefficient (Wildman–Crippen LogP) is 2.72. The van der Waals surface area contributed by atoms with Gasteiger partial charge in [0.2, 0.25) is 17.7 Å². The third-order valence-corrected chi connectivity index (χ3v) is 6.79. The smallest absolute Gasteiger partial charge is 0.233 e. The van der Waals surface area contributed by atoms with Crippen LogP contribution in [0.3, 0.4) is 0 Å². The Morgan fingerprint density at radius 2 is 1.69 bits per heavy atom. The second-order valence-electron chi connectivity index (χ2n) is 7.76. The van der Waals surface area contributed by atoms with E-state index in [0.717, 1.165) is 6.42 Å². The molecule has 1 saturated heterocycles. The molecule has 3 fully saturated rings. The summed E-state index contributed by atoms with van der Waals surface area (Å²) in [6.07, 6.45) is 5.53. The molecule has 0 radical (unpaired) electrons. The van der Waals surface area contributed by atoms with Gasteiger partial charge in [0.1, 0.15) is 0 Å². The third kappa shape index (κ3) is 2.26. The number of nitrogens with one attached hydrogen (secondary N) is 1. The number of halogens is 1. The molecular weight excluding hydrogens is 352 g/mol. The summed E-state index contributed by atoms with van der Waals surface area (Å²) in [5.74, 6) is 0.781. The summed E-state index contributed by atoms with van der Waals surface area (Å²) in [5, 5.41) is 3.20. The van der Waals surface area contributed by atoms with Gasteiger partial charge in [0.15, 0.2) is 0 Å². The van der Waals surface area contributed by atoms with Gasteiger partial charge in [0, 0.05) is 13.0 Å². The summed E-state index contributed by atoms with van der Waals surface area (Å²) in [6, 6.07) is 6.99. The lowest BCUT2D eigenvalue weighted by atomic mass is 9.63. The molecule has 3 amide bonds. The molecule has 0 aromatic heterocycles. The van der Waals surface area contributed by atoms with Crippen LogP contribution in [-0.2, 0) is 14.4 Å². The summed E-state index contributed by atoms with van der Waals surface area (Å²) in [5.41, 5.74) is 0.536. The first-order chi connectivity index (χ1) is 12.6. The average Bonchev–Trinajstić information content (AvgIpc) is 3.41. The van der Waals surface area contributed by atoms with Gasteiger partial charge in [0.05, 0.1) is 22.5 Å². The molecule has 2 saturated carbocycles. The quantitative estimate of drug-likeness (QED) is 0.654. The number of amides is 3. The summed E-state index contributed by atoms with van der Waals surface area (Å²) >= 11 is 6.04. The molecule has 1 aromatic carbocycles. The number of nitrogens with zero attached hydrogens (tertiary/aromatic N) is 1. The third-order valence-electron chi connectivity index (χ3n) is 6.46. The maximum absolute atomic E-state index is 12.8. The van der Waals surface area contributed by atoms with Crippen LogP contribution < -0.4 is 5.32 Å². The average molecular weight is 371 g/mol. The minimum Gasteiger partial charge on any atom is -0.325 e. The lowest BCUT2D eigenvalue weighted by Gasteiger charge is -2.37. The van der Waals surface area contributed by atoms with Crippen molar-refractivity contribution in [2.45, 2.75) is 12.8 Å². The van der Waals surface area contributed by atoms with Gasteiger partial charge in [-0.15, -0.1) is 0 Å². The number of hydrogen-bond acceptors (Lipinski definition) is 3. The summed E-state index contributed by atoms with van der Waals surface area (Å²) in [4.78, 5) is 39.2. The minimum absolute atomic E-state index is 0.0811. The Balaban J connectivity index is 1.26. The Kier molecular flexibility index (Phi) is 3.51. The van der Waals surface area contributed by atoms with Crippen molar-refractivity contribution in [3.05, 3.63) is 41.4 Å². The molecule has 1 aromatic rings. The zero-order valence-electron chi connectivity index (χ0n) is 14.1. The Morgan fingerprint density at radius 3 is 2.31 bits per heavy atom. The van der Waals surface area contributed by atoms with Gasteiger partial charge in [-0.3, -0.25) is 19.3 Å². The highest BCUT2D eigenvalue weighted by atomic mass is 35.5. The number of para-hydroxylation sites is 1. The SMILES string of the molecule is O=C(CCN1C(=O)[C@@H]2[C@H]3C=C[C@@H]([C@@H]4C[C@H]34)[C@@H]2C1=O)Nc1ccccc1Cl. The van der Waals surface area contributed by atoms with E-state index in [9.17, 15) is 14.4 Å². The monoisotopic (exact) mass is 370 g/mol. The van der Waals surface area contributed by atoms with E-state index in [0.29, 0.717) is 22.5 Å². The van der Waals surface area contributed by atoms with E-state index in [-0.39, 0.29) is 54.4 Å². The van der Waals surface area contributed by atoms with Crippen molar-refractivity contribution in [1.82, 2.24) is 4.90 Å². The van der Waals surface area contributed by atoms with Gasteiger partial charge < -0.3 is 5.32 Å². The molecule has 26 heavy (non-hydrogen) atoms. The Hall–Kier alpha value is -2.14. The number of allylic oxidation sites excluding steroid dienone is 2. The first-order valence-corrected chi connectivity index (χ1v) is 9.52. The molecule has 6 atom stereocenters. The zero-order valence-corrected chi connectivity index (χ0v) is 14.9. The number of anilines is 1. The molecule has 5 aliphatic rings. The second kappa shape index (κ2) is 5.68. The van der Waals surface area contributed by atoms with Crippen molar-refractivity contribution in [2.24, 2.45) is 35.5 Å². The number of hydrogen-bond donors (Lipinski definition) is 1. The van der Waals surface area contributed by atoms with Gasteiger partial charge in [-0.05, 0) is 42.2 Å². The van der Waals surface area contributed by atoms with Crippen LogP contribution in [0.1, 0.15) is 12.8 Å². The summed E-state index contributed by atoms with van der Waals surface area (Å²) in [7, 11) is 0. The van der Waals surface area contributed by atoms with Gasteiger partial charge in [-0.2, -0.15) is 0 Å². The molecular formula is C20H19ClN2O3. The number of likely N-dealkylation sites (tertiary alicyclic amines) is 1. The maximum Gasteiger partial charge on any atom is 0.233 e. The highest BCUT2D eigenvalue weighted by molar-refractivity contribution is 6.33. The first kappa shape index (κ1) is 16.1. The number of imide groups is 1. The van der Waals surface area contributed by atoms with Crippen LogP contribution in [0, 0.1) is 35.5 Å². The molecule has 1 N–H and O–H groups in total. The highest BCUT2D eigenvalue weighted by Gasteiger charge is 2.66. The summed E-state index contributed by atoms with van der Waals surface area (Å²) in [6.45, 7) is 0.135. The number of rotatable bonds is 4. The molecule has 2 bridgehead atoms. The maximum atomic E-state index is 12.8. The van der Waals surface area contributed by atoms with E-state index < -0.39 is 0 Å².